The predicted molar refractivity (Wildman–Crippen MR) is 120 cm³/mol. The Labute approximate surface area is 180 Å². The number of anilines is 3. The highest BCUT2D eigenvalue weighted by Gasteiger charge is 2.33. The van der Waals surface area contributed by atoms with Gasteiger partial charge in [-0.25, -0.2) is 15.0 Å². The third-order valence-electron chi connectivity index (χ3n) is 6.28. The fraction of sp³-hybridized carbons (Fsp3) is 0.455. The van der Waals surface area contributed by atoms with Gasteiger partial charge in [-0.2, -0.15) is 0 Å². The van der Waals surface area contributed by atoms with Crippen molar-refractivity contribution in [1.82, 2.24) is 24.4 Å². The lowest BCUT2D eigenvalue weighted by Crippen LogP contribution is -2.33. The van der Waals surface area contributed by atoms with Gasteiger partial charge in [0.1, 0.15) is 11.2 Å². The van der Waals surface area contributed by atoms with Crippen molar-refractivity contribution in [2.75, 3.05) is 36.9 Å². The summed E-state index contributed by atoms with van der Waals surface area (Å²) in [5.41, 5.74) is 2.56. The summed E-state index contributed by atoms with van der Waals surface area (Å²) in [6, 6.07) is 3.79. The van der Waals surface area contributed by atoms with E-state index < -0.39 is 5.60 Å². The van der Waals surface area contributed by atoms with Gasteiger partial charge >= 0.3 is 0 Å². The third kappa shape index (κ3) is 3.64. The monoisotopic (exact) mass is 421 g/mol. The molecular weight excluding hydrogens is 394 g/mol. The number of nitrogens with one attached hydrogen (secondary N) is 1. The van der Waals surface area contributed by atoms with Crippen molar-refractivity contribution in [2.24, 2.45) is 7.05 Å². The fourth-order valence-electron chi connectivity index (χ4n) is 4.54. The number of likely N-dealkylation sites (N-methyl/N-ethyl adjacent to an activating group) is 1. The summed E-state index contributed by atoms with van der Waals surface area (Å²) in [4.78, 5) is 30.9. The standard InChI is InChI=1S/C22H27N7O2/c1-22(31)6-9-29(13-22)19-18-14(4-7-23-19)11-24-21(26-18)25-16-10-15-12-27(2)8-5-17(15)28(3)20(16)30/h4,7,10-11,31H,5-6,8-9,12-13H2,1-3H3,(H,24,25,26). The Balaban J connectivity index is 1.52. The van der Waals surface area contributed by atoms with Crippen molar-refractivity contribution in [3.05, 3.63) is 46.1 Å². The van der Waals surface area contributed by atoms with E-state index in [1.54, 1.807) is 17.0 Å². The molecule has 1 saturated heterocycles. The number of hydrogen-bond acceptors (Lipinski definition) is 8. The van der Waals surface area contributed by atoms with Crippen molar-refractivity contribution in [2.45, 2.75) is 31.9 Å². The van der Waals surface area contributed by atoms with E-state index in [0.717, 1.165) is 42.0 Å². The minimum Gasteiger partial charge on any atom is -0.388 e. The largest absolute Gasteiger partial charge is 0.388 e. The first kappa shape index (κ1) is 19.9. The van der Waals surface area contributed by atoms with E-state index in [4.69, 9.17) is 4.98 Å². The molecule has 1 unspecified atom stereocenters. The maximum Gasteiger partial charge on any atom is 0.274 e. The van der Waals surface area contributed by atoms with Crippen LogP contribution in [0.1, 0.15) is 24.6 Å². The highest BCUT2D eigenvalue weighted by Crippen LogP contribution is 2.30. The number of nitrogens with zero attached hydrogens (tertiary/aromatic N) is 6. The molecule has 2 aliphatic heterocycles. The van der Waals surface area contributed by atoms with E-state index in [-0.39, 0.29) is 5.56 Å². The molecule has 0 saturated carbocycles. The Bertz CT molecular complexity index is 1220. The van der Waals surface area contributed by atoms with Gasteiger partial charge in [-0.15, -0.1) is 0 Å². The first-order chi connectivity index (χ1) is 14.8. The van der Waals surface area contributed by atoms with E-state index in [1.807, 2.05) is 31.0 Å². The molecule has 1 fully saturated rings. The first-order valence-corrected chi connectivity index (χ1v) is 10.6. The van der Waals surface area contributed by atoms with Gasteiger partial charge in [0.15, 0.2) is 5.82 Å². The minimum atomic E-state index is -0.736. The Morgan fingerprint density at radius 2 is 2.06 bits per heavy atom. The molecule has 1 atom stereocenters. The van der Waals surface area contributed by atoms with Crippen LogP contribution in [0.3, 0.4) is 0 Å². The lowest BCUT2D eigenvalue weighted by Gasteiger charge is -2.27. The molecule has 3 aromatic heterocycles. The number of pyridine rings is 2. The zero-order valence-corrected chi connectivity index (χ0v) is 18.1. The van der Waals surface area contributed by atoms with Gasteiger partial charge in [-0.3, -0.25) is 4.79 Å². The summed E-state index contributed by atoms with van der Waals surface area (Å²) >= 11 is 0. The van der Waals surface area contributed by atoms with Crippen molar-refractivity contribution < 1.29 is 5.11 Å². The molecule has 2 N–H and O–H groups in total. The smallest absolute Gasteiger partial charge is 0.274 e. The molecular formula is C22H27N7O2. The fourth-order valence-corrected chi connectivity index (χ4v) is 4.54. The summed E-state index contributed by atoms with van der Waals surface area (Å²) in [5, 5.41) is 14.4. The van der Waals surface area contributed by atoms with E-state index in [1.165, 1.54) is 0 Å². The molecule has 0 amide bonds. The second kappa shape index (κ2) is 7.28. The molecule has 162 valence electrons. The zero-order chi connectivity index (χ0) is 21.8. The number of fused-ring (bicyclic) bond motifs is 2. The van der Waals surface area contributed by atoms with Crippen LogP contribution in [-0.2, 0) is 20.0 Å². The van der Waals surface area contributed by atoms with Gasteiger partial charge in [0.25, 0.3) is 5.56 Å². The molecule has 9 nitrogen and oxygen atoms in total. The van der Waals surface area contributed by atoms with E-state index in [9.17, 15) is 9.90 Å². The van der Waals surface area contributed by atoms with Crippen LogP contribution in [0, 0.1) is 0 Å². The summed E-state index contributed by atoms with van der Waals surface area (Å²) < 4.78 is 1.73. The summed E-state index contributed by atoms with van der Waals surface area (Å²) in [7, 11) is 3.90. The number of aromatic nitrogens is 4. The van der Waals surface area contributed by atoms with Crippen LogP contribution in [-0.4, -0.2) is 61.8 Å². The number of hydrogen-bond donors (Lipinski definition) is 2. The van der Waals surface area contributed by atoms with E-state index in [0.29, 0.717) is 36.7 Å². The van der Waals surface area contributed by atoms with Crippen LogP contribution in [0.2, 0.25) is 0 Å². The normalized spacial score (nSPS) is 21.5. The van der Waals surface area contributed by atoms with Crippen LogP contribution in [0.5, 0.6) is 0 Å². The molecule has 0 radical (unpaired) electrons. The summed E-state index contributed by atoms with van der Waals surface area (Å²) in [6.45, 7) is 4.80. The van der Waals surface area contributed by atoms with Gasteiger partial charge in [0, 0.05) is 63.1 Å². The molecule has 5 heterocycles. The maximum atomic E-state index is 12.9. The Kier molecular flexibility index (Phi) is 4.67. The predicted octanol–water partition coefficient (Wildman–Crippen LogP) is 1.42. The molecule has 3 aromatic rings. The highest BCUT2D eigenvalue weighted by molar-refractivity contribution is 5.89. The molecule has 9 heteroatoms. The second-order valence-electron chi connectivity index (χ2n) is 8.94. The molecule has 0 bridgehead atoms. The Morgan fingerprint density at radius 1 is 1.23 bits per heavy atom. The molecule has 2 aliphatic rings. The highest BCUT2D eigenvalue weighted by atomic mass is 16.3. The van der Waals surface area contributed by atoms with Crippen LogP contribution in [0.4, 0.5) is 17.5 Å². The van der Waals surface area contributed by atoms with Gasteiger partial charge in [-0.05, 0) is 38.1 Å². The quantitative estimate of drug-likeness (QED) is 0.655. The van der Waals surface area contributed by atoms with Crippen LogP contribution >= 0.6 is 0 Å². The molecule has 0 aromatic carbocycles. The van der Waals surface area contributed by atoms with Crippen molar-refractivity contribution in [3.8, 4) is 0 Å². The van der Waals surface area contributed by atoms with Gasteiger partial charge in [0.2, 0.25) is 5.95 Å². The summed E-state index contributed by atoms with van der Waals surface area (Å²) in [6.07, 6.45) is 5.01. The molecule has 0 aliphatic carbocycles. The third-order valence-corrected chi connectivity index (χ3v) is 6.28. The van der Waals surface area contributed by atoms with Gasteiger partial charge < -0.3 is 24.8 Å². The minimum absolute atomic E-state index is 0.0889. The molecule has 31 heavy (non-hydrogen) atoms. The van der Waals surface area contributed by atoms with E-state index in [2.05, 4.69) is 27.2 Å². The summed E-state index contributed by atoms with van der Waals surface area (Å²) in [5.74, 6) is 1.08. The van der Waals surface area contributed by atoms with E-state index >= 15 is 0 Å². The first-order valence-electron chi connectivity index (χ1n) is 10.6. The lowest BCUT2D eigenvalue weighted by atomic mass is 10.1. The SMILES string of the molecule is CN1CCc2c(cc(Nc3ncc4ccnc(N5CCC(C)(O)C5)c4n3)c(=O)n2C)C1. The van der Waals surface area contributed by atoms with Gasteiger partial charge in [0.05, 0.1) is 5.60 Å². The van der Waals surface area contributed by atoms with Crippen molar-refractivity contribution >= 4 is 28.4 Å². The molecule has 5 rings (SSSR count). The van der Waals surface area contributed by atoms with Crippen molar-refractivity contribution in [1.29, 1.82) is 0 Å². The maximum absolute atomic E-state index is 12.9. The van der Waals surface area contributed by atoms with Crippen molar-refractivity contribution in [3.63, 3.8) is 0 Å². The Hall–Kier alpha value is -3.04. The second-order valence-corrected chi connectivity index (χ2v) is 8.94. The number of aliphatic hydroxyl groups is 1. The topological polar surface area (TPSA) is 99.4 Å². The lowest BCUT2D eigenvalue weighted by molar-refractivity contribution is 0.0839. The number of β-amino-alcohol motifs (C(OH)–C–C–N with tert-alkyl or cyclic N) is 1. The van der Waals surface area contributed by atoms with Gasteiger partial charge in [-0.1, -0.05) is 0 Å². The number of rotatable bonds is 3. The average Bonchev–Trinajstić information content (AvgIpc) is 3.10. The zero-order valence-electron chi connectivity index (χ0n) is 18.1. The van der Waals surface area contributed by atoms with Crippen LogP contribution in [0.25, 0.3) is 10.9 Å². The Morgan fingerprint density at radius 3 is 2.84 bits per heavy atom. The van der Waals surface area contributed by atoms with Crippen LogP contribution in [0.15, 0.2) is 29.3 Å². The average molecular weight is 422 g/mol. The van der Waals surface area contributed by atoms with Crippen LogP contribution < -0.4 is 15.8 Å². The molecule has 0 spiro atoms.